The minimum absolute atomic E-state index is 0.0214. The molecule has 4 rings (SSSR count). The molecule has 0 saturated carbocycles. The highest BCUT2D eigenvalue weighted by Gasteiger charge is 2.37. The summed E-state index contributed by atoms with van der Waals surface area (Å²) in [5, 5.41) is 22.2. The molecule has 17 nitrogen and oxygen atoms in total. The molecule has 1 aromatic carbocycles. The van der Waals surface area contributed by atoms with Crippen LogP contribution in [0.4, 0.5) is 17.3 Å². The molecule has 3 aromatic heterocycles. The van der Waals surface area contributed by atoms with Crippen LogP contribution in [0.5, 0.6) is 5.75 Å². The van der Waals surface area contributed by atoms with E-state index in [9.17, 15) is 24.5 Å². The van der Waals surface area contributed by atoms with Gasteiger partial charge in [0.15, 0.2) is 19.7 Å². The second-order valence-electron chi connectivity index (χ2n) is 13.2. The number of fused-ring (bicyclic) bond motifs is 1. The molecule has 0 aliphatic heterocycles. The zero-order chi connectivity index (χ0) is 37.7. The molecule has 0 spiro atoms. The largest absolute Gasteiger partial charge is 0.489 e. The van der Waals surface area contributed by atoms with Crippen molar-refractivity contribution < 1.29 is 28.5 Å². The summed E-state index contributed by atoms with van der Waals surface area (Å²) in [5.41, 5.74) is 12.4. The summed E-state index contributed by atoms with van der Waals surface area (Å²) in [6.45, 7) is 15.3. The van der Waals surface area contributed by atoms with Crippen molar-refractivity contribution in [1.29, 1.82) is 0 Å². The Hall–Kier alpha value is -5.62. The van der Waals surface area contributed by atoms with Crippen molar-refractivity contribution in [2.24, 2.45) is 11.5 Å². The van der Waals surface area contributed by atoms with Gasteiger partial charge in [0.05, 0.1) is 22.8 Å². The summed E-state index contributed by atoms with van der Waals surface area (Å²) in [7, 11) is -2.07. The van der Waals surface area contributed by atoms with Gasteiger partial charge >= 0.3 is 0 Å². The number of hydrogen-bond acceptors (Lipinski definition) is 11. The Morgan fingerprint density at radius 3 is 2.39 bits per heavy atom. The fourth-order valence-electron chi connectivity index (χ4n) is 4.82. The number of allylic oxidation sites excluding steroid dienone is 1. The van der Waals surface area contributed by atoms with Crippen molar-refractivity contribution in [2.75, 3.05) is 30.4 Å². The summed E-state index contributed by atoms with van der Waals surface area (Å²) in [5.74, 6) is -1.72. The minimum Gasteiger partial charge on any atom is -0.489 e. The standard InChI is InChI=1S/C33H44N10O7Si/c1-8-42-25(15-20(2)40-42)31(46)39-32-38-23-16-22(29(35)45)19-37-30(23)41(32)12-10-9-11-36-27-24(43(47)48)17-21(28(34)44)18-26(27)49-13-14-50-51(6,7)33(3,4)5/h9-10,15-19,36H,8,11-14H2,1-7H3,(H2,34,44)(H2,35,45)(H,38,39,46)/b10-9+. The Balaban J connectivity index is 1.57. The number of nitro benzene ring substituents is 1. The molecule has 0 atom stereocenters. The molecule has 51 heavy (non-hydrogen) atoms. The van der Waals surface area contributed by atoms with Crippen LogP contribution in [0.3, 0.4) is 0 Å². The highest BCUT2D eigenvalue weighted by molar-refractivity contribution is 6.74. The first-order valence-electron chi connectivity index (χ1n) is 16.2. The first-order chi connectivity index (χ1) is 23.9. The Kier molecular flexibility index (Phi) is 11.6. The molecule has 0 aliphatic carbocycles. The van der Waals surface area contributed by atoms with Gasteiger partial charge in [0.1, 0.15) is 23.6 Å². The third-order valence-electron chi connectivity index (χ3n) is 8.55. The van der Waals surface area contributed by atoms with Gasteiger partial charge in [-0.2, -0.15) is 5.10 Å². The van der Waals surface area contributed by atoms with E-state index in [1.807, 2.05) is 6.92 Å². The fourth-order valence-corrected chi connectivity index (χ4v) is 5.84. The fraction of sp³-hybridized carbons (Fsp3) is 0.394. The Labute approximate surface area is 295 Å². The van der Waals surface area contributed by atoms with Crippen LogP contribution in [-0.2, 0) is 17.5 Å². The molecule has 18 heteroatoms. The summed E-state index contributed by atoms with van der Waals surface area (Å²) < 4.78 is 15.3. The molecule has 0 bridgehead atoms. The van der Waals surface area contributed by atoms with Crippen LogP contribution in [0.15, 0.2) is 42.6 Å². The van der Waals surface area contributed by atoms with E-state index in [0.29, 0.717) is 29.1 Å². The number of ether oxygens (including phenoxy) is 1. The van der Waals surface area contributed by atoms with Gasteiger partial charge in [-0.15, -0.1) is 0 Å². The monoisotopic (exact) mass is 720 g/mol. The number of rotatable bonds is 16. The Morgan fingerprint density at radius 2 is 1.76 bits per heavy atom. The number of carbonyl (C=O) groups excluding carboxylic acids is 3. The van der Waals surface area contributed by atoms with E-state index in [0.717, 1.165) is 6.07 Å². The molecule has 3 amide bonds. The van der Waals surface area contributed by atoms with E-state index < -0.39 is 31.0 Å². The maximum atomic E-state index is 13.3. The lowest BCUT2D eigenvalue weighted by atomic mass is 10.1. The van der Waals surface area contributed by atoms with Gasteiger partial charge < -0.3 is 25.9 Å². The molecular weight excluding hydrogens is 677 g/mol. The maximum Gasteiger partial charge on any atom is 0.296 e. The SMILES string of the molecule is CCn1nc(C)cc1C(=O)Nc1nc2cc(C(N)=O)cnc2n1C/C=C/CNc1c(OCCO[Si](C)(C)C(C)(C)C)cc(C(N)=O)cc1[N+](=O)[O-]. The third-order valence-corrected chi connectivity index (χ3v) is 13.1. The second kappa shape index (κ2) is 15.5. The molecule has 0 radical (unpaired) electrons. The second-order valence-corrected chi connectivity index (χ2v) is 18.0. The van der Waals surface area contributed by atoms with Crippen molar-refractivity contribution in [2.45, 2.75) is 65.8 Å². The van der Waals surface area contributed by atoms with Crippen molar-refractivity contribution in [1.82, 2.24) is 24.3 Å². The summed E-state index contributed by atoms with van der Waals surface area (Å²) in [6.07, 6.45) is 4.77. The molecule has 0 fully saturated rings. The number of nitro groups is 1. The smallest absolute Gasteiger partial charge is 0.296 e. The van der Waals surface area contributed by atoms with E-state index in [1.165, 1.54) is 18.3 Å². The number of pyridine rings is 1. The zero-order valence-corrected chi connectivity index (χ0v) is 30.8. The first-order valence-corrected chi connectivity index (χ1v) is 19.1. The Morgan fingerprint density at radius 1 is 1.06 bits per heavy atom. The normalized spacial score (nSPS) is 12.0. The first kappa shape index (κ1) is 38.2. The van der Waals surface area contributed by atoms with Crippen LogP contribution in [0.2, 0.25) is 18.1 Å². The summed E-state index contributed by atoms with van der Waals surface area (Å²) in [4.78, 5) is 57.4. The minimum atomic E-state index is -2.07. The predicted molar refractivity (Wildman–Crippen MR) is 195 cm³/mol. The Bertz CT molecular complexity index is 2000. The number of anilines is 2. The number of amides is 3. The number of aryl methyl sites for hydroxylation is 2. The topological polar surface area (TPSA) is 237 Å². The van der Waals surface area contributed by atoms with Gasteiger partial charge in [0.2, 0.25) is 17.8 Å². The number of hydrogen-bond donors (Lipinski definition) is 4. The van der Waals surface area contributed by atoms with E-state index in [2.05, 4.69) is 59.6 Å². The number of imidazole rings is 1. The van der Waals surface area contributed by atoms with Gasteiger partial charge in [-0.1, -0.05) is 32.9 Å². The summed E-state index contributed by atoms with van der Waals surface area (Å²) >= 11 is 0. The maximum absolute atomic E-state index is 13.3. The predicted octanol–water partition coefficient (Wildman–Crippen LogP) is 4.38. The number of nitrogens with one attached hydrogen (secondary N) is 2. The highest BCUT2D eigenvalue weighted by atomic mass is 28.4. The van der Waals surface area contributed by atoms with Gasteiger partial charge in [-0.05, 0) is 50.2 Å². The van der Waals surface area contributed by atoms with Gasteiger partial charge in [0.25, 0.3) is 11.6 Å². The van der Waals surface area contributed by atoms with E-state index in [-0.39, 0.29) is 65.5 Å². The number of aromatic nitrogens is 5. The molecule has 0 saturated heterocycles. The van der Waals surface area contributed by atoms with Crippen molar-refractivity contribution in [3.63, 3.8) is 0 Å². The van der Waals surface area contributed by atoms with Crippen LogP contribution in [0.25, 0.3) is 11.2 Å². The molecule has 3 heterocycles. The van der Waals surface area contributed by atoms with Crippen LogP contribution in [0, 0.1) is 17.0 Å². The van der Waals surface area contributed by atoms with Gasteiger partial charge in [-0.25, -0.2) is 9.97 Å². The highest BCUT2D eigenvalue weighted by Crippen LogP contribution is 2.38. The van der Waals surface area contributed by atoms with Crippen molar-refractivity contribution >= 4 is 54.5 Å². The molecule has 6 N–H and O–H groups in total. The van der Waals surface area contributed by atoms with Crippen LogP contribution >= 0.6 is 0 Å². The average molecular weight is 721 g/mol. The van der Waals surface area contributed by atoms with Crippen LogP contribution in [0.1, 0.15) is 64.6 Å². The number of nitrogens with zero attached hydrogens (tertiary/aromatic N) is 6. The van der Waals surface area contributed by atoms with E-state index >= 15 is 0 Å². The summed E-state index contributed by atoms with van der Waals surface area (Å²) in [6, 6.07) is 5.60. The van der Waals surface area contributed by atoms with E-state index in [4.69, 9.17) is 20.6 Å². The lowest BCUT2D eigenvalue weighted by Gasteiger charge is -2.36. The lowest BCUT2D eigenvalue weighted by molar-refractivity contribution is -0.384. The molecular formula is C33H44N10O7Si. The quantitative estimate of drug-likeness (QED) is 0.0416. The van der Waals surface area contributed by atoms with Gasteiger partial charge in [-0.3, -0.25) is 39.1 Å². The molecule has 0 aliphatic rings. The average Bonchev–Trinajstić information content (AvgIpc) is 3.60. The van der Waals surface area contributed by atoms with Crippen LogP contribution in [-0.4, -0.2) is 75.0 Å². The number of benzene rings is 1. The number of nitrogens with two attached hydrogens (primary N) is 2. The molecule has 0 unspecified atom stereocenters. The molecule has 272 valence electrons. The third kappa shape index (κ3) is 8.95. The van der Waals surface area contributed by atoms with Gasteiger partial charge in [0, 0.05) is 37.5 Å². The zero-order valence-electron chi connectivity index (χ0n) is 29.8. The molecule has 4 aromatic rings. The number of carbonyl (C=O) groups is 3. The van der Waals surface area contributed by atoms with E-state index in [1.54, 1.807) is 34.4 Å². The van der Waals surface area contributed by atoms with Crippen LogP contribution < -0.4 is 26.8 Å². The van der Waals surface area contributed by atoms with Crippen molar-refractivity contribution in [3.8, 4) is 5.75 Å². The van der Waals surface area contributed by atoms with Crippen molar-refractivity contribution in [3.05, 3.63) is 75.2 Å². The lowest BCUT2D eigenvalue weighted by Crippen LogP contribution is -2.41. The number of primary amides is 2.